The number of amides is 1. The lowest BCUT2D eigenvalue weighted by Crippen LogP contribution is -2.58. The van der Waals surface area contributed by atoms with E-state index < -0.39 is 5.82 Å². The van der Waals surface area contributed by atoms with E-state index in [1.54, 1.807) is 4.90 Å². The fourth-order valence-corrected chi connectivity index (χ4v) is 2.63. The van der Waals surface area contributed by atoms with Crippen molar-refractivity contribution in [3.05, 3.63) is 35.9 Å². The van der Waals surface area contributed by atoms with E-state index in [0.717, 1.165) is 0 Å². The molecule has 0 aliphatic carbocycles. The van der Waals surface area contributed by atoms with Crippen LogP contribution in [0.3, 0.4) is 0 Å². The van der Waals surface area contributed by atoms with E-state index in [9.17, 15) is 9.18 Å². The minimum absolute atomic E-state index is 0.0562. The highest BCUT2D eigenvalue weighted by molar-refractivity contribution is 5.97. The molecule has 1 N–H and O–H groups in total. The molecule has 110 valence electrons. The largest absolute Gasteiger partial charge is 0.335 e. The van der Waals surface area contributed by atoms with Crippen molar-refractivity contribution in [2.75, 3.05) is 19.6 Å². The topological polar surface area (TPSA) is 58.1 Å². The molecule has 0 spiro atoms. The van der Waals surface area contributed by atoms with Gasteiger partial charge in [0.15, 0.2) is 0 Å². The summed E-state index contributed by atoms with van der Waals surface area (Å²) in [6, 6.07) is 2.75. The summed E-state index contributed by atoms with van der Waals surface area (Å²) in [6.45, 7) is 5.86. The van der Waals surface area contributed by atoms with Gasteiger partial charge in [0, 0.05) is 43.6 Å². The van der Waals surface area contributed by atoms with Gasteiger partial charge in [0.1, 0.15) is 5.82 Å². The van der Waals surface area contributed by atoms with Crippen LogP contribution in [-0.4, -0.2) is 45.9 Å². The molecule has 0 saturated carbocycles. The molecule has 1 aliphatic heterocycles. The monoisotopic (exact) mass is 288 g/mol. The number of hydrogen-bond acceptors (Lipinski definition) is 4. The number of piperazine rings is 1. The lowest BCUT2D eigenvalue weighted by atomic mass is 10.0. The molecule has 0 atom stereocenters. The number of nitrogens with zero attached hydrogens (tertiary/aromatic N) is 3. The molecule has 3 rings (SSSR count). The second-order valence-corrected chi connectivity index (χ2v) is 5.91. The van der Waals surface area contributed by atoms with Gasteiger partial charge in [-0.1, -0.05) is 0 Å². The molecule has 1 amide bonds. The summed E-state index contributed by atoms with van der Waals surface area (Å²) in [5.74, 6) is -0.848. The van der Waals surface area contributed by atoms with Crippen molar-refractivity contribution in [2.24, 2.45) is 0 Å². The highest BCUT2D eigenvalue weighted by Crippen LogP contribution is 2.19. The Morgan fingerprint density at radius 2 is 1.95 bits per heavy atom. The lowest BCUT2D eigenvalue weighted by molar-refractivity contribution is 0.0647. The van der Waals surface area contributed by atoms with E-state index in [0.29, 0.717) is 30.7 Å². The van der Waals surface area contributed by atoms with E-state index in [-0.39, 0.29) is 17.0 Å². The van der Waals surface area contributed by atoms with E-state index in [4.69, 9.17) is 0 Å². The normalized spacial score (nSPS) is 18.0. The van der Waals surface area contributed by atoms with Gasteiger partial charge in [0.25, 0.3) is 5.91 Å². The van der Waals surface area contributed by atoms with Crippen LogP contribution < -0.4 is 5.32 Å². The molecule has 21 heavy (non-hydrogen) atoms. The molecule has 0 unspecified atom stereocenters. The fourth-order valence-electron chi connectivity index (χ4n) is 2.63. The maximum atomic E-state index is 14.2. The van der Waals surface area contributed by atoms with E-state index >= 15 is 0 Å². The summed E-state index contributed by atoms with van der Waals surface area (Å²) >= 11 is 0. The molecule has 5 nitrogen and oxygen atoms in total. The quantitative estimate of drug-likeness (QED) is 0.866. The highest BCUT2D eigenvalue weighted by Gasteiger charge is 2.30. The highest BCUT2D eigenvalue weighted by atomic mass is 19.1. The maximum Gasteiger partial charge on any atom is 0.257 e. The number of aromatic nitrogens is 2. The first-order valence-corrected chi connectivity index (χ1v) is 6.91. The molecule has 0 bridgehead atoms. The molecule has 1 saturated heterocycles. The van der Waals surface area contributed by atoms with Gasteiger partial charge in [-0.05, 0) is 19.9 Å². The number of rotatable bonds is 1. The molecule has 0 radical (unpaired) electrons. The van der Waals surface area contributed by atoms with Crippen molar-refractivity contribution in [1.82, 2.24) is 20.2 Å². The summed E-state index contributed by atoms with van der Waals surface area (Å²) in [4.78, 5) is 22.4. The lowest BCUT2D eigenvalue weighted by Gasteiger charge is -2.39. The van der Waals surface area contributed by atoms with Crippen molar-refractivity contribution < 1.29 is 9.18 Å². The second kappa shape index (κ2) is 5.04. The Kier molecular flexibility index (Phi) is 3.33. The van der Waals surface area contributed by atoms with Crippen LogP contribution in [0.1, 0.15) is 24.2 Å². The van der Waals surface area contributed by atoms with Crippen LogP contribution in [0.4, 0.5) is 4.39 Å². The predicted octanol–water partition coefficient (Wildman–Crippen LogP) is 1.59. The number of carbonyl (C=O) groups is 1. The maximum absolute atomic E-state index is 14.2. The van der Waals surface area contributed by atoms with E-state index in [2.05, 4.69) is 15.3 Å². The Morgan fingerprint density at radius 1 is 1.29 bits per heavy atom. The average Bonchev–Trinajstić information content (AvgIpc) is 2.44. The summed E-state index contributed by atoms with van der Waals surface area (Å²) in [7, 11) is 0. The fraction of sp³-hybridized carbons (Fsp3) is 0.400. The zero-order chi connectivity index (χ0) is 15.0. The van der Waals surface area contributed by atoms with Gasteiger partial charge in [-0.2, -0.15) is 0 Å². The van der Waals surface area contributed by atoms with Crippen LogP contribution >= 0.6 is 0 Å². The Labute approximate surface area is 122 Å². The van der Waals surface area contributed by atoms with Crippen molar-refractivity contribution in [3.8, 4) is 0 Å². The minimum Gasteiger partial charge on any atom is -0.335 e. The molecule has 1 aliphatic rings. The number of fused-ring (bicyclic) bond motifs is 1. The van der Waals surface area contributed by atoms with Crippen molar-refractivity contribution in [2.45, 2.75) is 19.4 Å². The summed E-state index contributed by atoms with van der Waals surface area (Å²) in [6.07, 6.45) is 3.03. The first-order chi connectivity index (χ1) is 9.96. The third kappa shape index (κ3) is 2.71. The third-order valence-electron chi connectivity index (χ3n) is 3.65. The average molecular weight is 288 g/mol. The predicted molar refractivity (Wildman–Crippen MR) is 77.5 cm³/mol. The Bertz CT molecular complexity index is 701. The zero-order valence-electron chi connectivity index (χ0n) is 12.1. The van der Waals surface area contributed by atoms with Crippen LogP contribution in [0.25, 0.3) is 11.0 Å². The molecule has 6 heteroatoms. The van der Waals surface area contributed by atoms with Crippen LogP contribution in [-0.2, 0) is 0 Å². The van der Waals surface area contributed by atoms with Gasteiger partial charge in [0.05, 0.1) is 16.6 Å². The Balaban J connectivity index is 1.96. The van der Waals surface area contributed by atoms with Crippen LogP contribution in [0, 0.1) is 5.82 Å². The van der Waals surface area contributed by atoms with Gasteiger partial charge >= 0.3 is 0 Å². The summed E-state index contributed by atoms with van der Waals surface area (Å²) < 4.78 is 14.2. The SMILES string of the molecule is CC1(C)CN(C(=O)c2cc3nccnc3cc2F)CCN1. The second-order valence-electron chi connectivity index (χ2n) is 5.91. The molecule has 2 aromatic rings. The van der Waals surface area contributed by atoms with Crippen molar-refractivity contribution in [1.29, 1.82) is 0 Å². The summed E-state index contributed by atoms with van der Waals surface area (Å²) in [5, 5.41) is 3.33. The molecular formula is C15H17FN4O. The van der Waals surface area contributed by atoms with Crippen molar-refractivity contribution in [3.63, 3.8) is 0 Å². The van der Waals surface area contributed by atoms with Crippen LogP contribution in [0.5, 0.6) is 0 Å². The Hall–Kier alpha value is -2.08. The molecule has 1 aromatic heterocycles. The van der Waals surface area contributed by atoms with Gasteiger partial charge in [0.2, 0.25) is 0 Å². The van der Waals surface area contributed by atoms with Crippen LogP contribution in [0.2, 0.25) is 0 Å². The Morgan fingerprint density at radius 3 is 2.62 bits per heavy atom. The van der Waals surface area contributed by atoms with Gasteiger partial charge < -0.3 is 10.2 Å². The van der Waals surface area contributed by atoms with Gasteiger partial charge in [-0.3, -0.25) is 14.8 Å². The first-order valence-electron chi connectivity index (χ1n) is 6.91. The number of halogens is 1. The third-order valence-corrected chi connectivity index (χ3v) is 3.65. The number of nitrogens with one attached hydrogen (secondary N) is 1. The standard InChI is InChI=1S/C15H17FN4O/c1-15(2)9-20(6-5-19-15)14(21)10-7-12-13(8-11(10)16)18-4-3-17-12/h3-4,7-8,19H,5-6,9H2,1-2H3. The minimum atomic E-state index is -0.552. The number of carbonyl (C=O) groups excluding carboxylic acids is 1. The zero-order valence-corrected chi connectivity index (χ0v) is 12.1. The smallest absolute Gasteiger partial charge is 0.257 e. The molecule has 2 heterocycles. The van der Waals surface area contributed by atoms with Gasteiger partial charge in [-0.25, -0.2) is 4.39 Å². The van der Waals surface area contributed by atoms with Gasteiger partial charge in [-0.15, -0.1) is 0 Å². The molecule has 1 aromatic carbocycles. The number of hydrogen-bond donors (Lipinski definition) is 1. The van der Waals surface area contributed by atoms with Crippen molar-refractivity contribution >= 4 is 16.9 Å². The van der Waals surface area contributed by atoms with E-state index in [1.165, 1.54) is 24.5 Å². The number of benzene rings is 1. The summed E-state index contributed by atoms with van der Waals surface area (Å²) in [5.41, 5.74) is 0.866. The molecule has 1 fully saturated rings. The molecular weight excluding hydrogens is 271 g/mol. The van der Waals surface area contributed by atoms with Crippen LogP contribution in [0.15, 0.2) is 24.5 Å². The van der Waals surface area contributed by atoms with E-state index in [1.807, 2.05) is 13.8 Å². The first kappa shape index (κ1) is 13.9.